The van der Waals surface area contributed by atoms with Crippen LogP contribution >= 0.6 is 0 Å². The Bertz CT molecular complexity index is 655. The smallest absolute Gasteiger partial charge is 0.334 e. The van der Waals surface area contributed by atoms with Crippen molar-refractivity contribution in [3.63, 3.8) is 0 Å². The zero-order chi connectivity index (χ0) is 12.8. The molecule has 1 aliphatic carbocycles. The number of para-hydroxylation sites is 1. The Morgan fingerprint density at radius 2 is 2.33 bits per heavy atom. The Kier molecular flexibility index (Phi) is 2.01. The number of allylic oxidation sites excluding steroid dienone is 2. The van der Waals surface area contributed by atoms with Crippen molar-refractivity contribution in [3.8, 4) is 17.6 Å². The first-order valence-electron chi connectivity index (χ1n) is 5.43. The maximum atomic E-state index is 11.3. The maximum Gasteiger partial charge on any atom is 0.334 e. The summed E-state index contributed by atoms with van der Waals surface area (Å²) < 4.78 is 5.24. The van der Waals surface area contributed by atoms with Crippen molar-refractivity contribution in [2.24, 2.45) is 0 Å². The van der Waals surface area contributed by atoms with E-state index in [1.54, 1.807) is 36.4 Å². The van der Waals surface area contributed by atoms with E-state index in [2.05, 4.69) is 0 Å². The molecule has 1 aromatic carbocycles. The molecule has 0 amide bonds. The van der Waals surface area contributed by atoms with E-state index in [1.807, 2.05) is 6.07 Å². The van der Waals surface area contributed by atoms with E-state index in [9.17, 15) is 15.4 Å². The van der Waals surface area contributed by atoms with Crippen molar-refractivity contribution in [2.75, 3.05) is 0 Å². The van der Waals surface area contributed by atoms with Gasteiger partial charge >= 0.3 is 5.54 Å². The second-order valence-corrected chi connectivity index (χ2v) is 4.18. The Hall–Kier alpha value is -2.61. The van der Waals surface area contributed by atoms with Gasteiger partial charge in [-0.15, -0.1) is 0 Å². The van der Waals surface area contributed by atoms with Crippen LogP contribution < -0.4 is 4.74 Å². The number of rotatable bonds is 2. The Morgan fingerprint density at radius 3 is 3.06 bits per heavy atom. The predicted octanol–water partition coefficient (Wildman–Crippen LogP) is 2.67. The molecule has 3 rings (SSSR count). The molecular formula is C13H8N2O3. The molecular weight excluding hydrogens is 232 g/mol. The molecule has 5 heteroatoms. The molecule has 0 fully saturated rings. The van der Waals surface area contributed by atoms with Gasteiger partial charge in [-0.2, -0.15) is 5.26 Å². The molecule has 0 saturated carbocycles. The molecule has 1 heterocycles. The molecule has 1 atom stereocenters. The van der Waals surface area contributed by atoms with Crippen molar-refractivity contribution in [1.29, 1.82) is 5.26 Å². The molecule has 1 aliphatic heterocycles. The highest BCUT2D eigenvalue weighted by Crippen LogP contribution is 2.52. The molecule has 2 aliphatic rings. The number of nitriles is 1. The topological polar surface area (TPSA) is 79.5 Å². The lowest BCUT2D eigenvalue weighted by molar-refractivity contribution is -0.533. The van der Waals surface area contributed by atoms with E-state index in [0.29, 0.717) is 16.9 Å². The van der Waals surface area contributed by atoms with Crippen molar-refractivity contribution in [1.82, 2.24) is 0 Å². The lowest BCUT2D eigenvalue weighted by atomic mass is 9.81. The summed E-state index contributed by atoms with van der Waals surface area (Å²) in [6, 6.07) is 7.14. The van der Waals surface area contributed by atoms with E-state index in [0.717, 1.165) is 5.75 Å². The minimum absolute atomic E-state index is 0.0754. The Labute approximate surface area is 103 Å². The zero-order valence-corrected chi connectivity index (χ0v) is 9.29. The predicted molar refractivity (Wildman–Crippen MR) is 63.6 cm³/mol. The lowest BCUT2D eigenvalue weighted by Gasteiger charge is -2.21. The van der Waals surface area contributed by atoms with E-state index in [-0.39, 0.29) is 6.42 Å². The zero-order valence-electron chi connectivity index (χ0n) is 9.29. The Balaban J connectivity index is 2.18. The summed E-state index contributed by atoms with van der Waals surface area (Å²) in [6.45, 7) is 0. The van der Waals surface area contributed by atoms with Crippen LogP contribution in [0.4, 0.5) is 0 Å². The molecule has 0 aromatic heterocycles. The number of hydrogen-bond donors (Lipinski definition) is 0. The summed E-state index contributed by atoms with van der Waals surface area (Å²) in [6.07, 6.45) is 5.06. The van der Waals surface area contributed by atoms with Crippen LogP contribution in [0.15, 0.2) is 36.4 Å². The number of ether oxygens (including phenoxy) is 1. The maximum absolute atomic E-state index is 11.3. The molecule has 0 saturated heterocycles. The average molecular weight is 240 g/mol. The Morgan fingerprint density at radius 1 is 1.50 bits per heavy atom. The van der Waals surface area contributed by atoms with E-state index < -0.39 is 10.5 Å². The quantitative estimate of drug-likeness (QED) is 0.459. The first-order valence-corrected chi connectivity index (χ1v) is 5.43. The average Bonchev–Trinajstić information content (AvgIpc) is 3.17. The summed E-state index contributed by atoms with van der Waals surface area (Å²) in [4.78, 5) is 10.8. The number of benzene rings is 1. The van der Waals surface area contributed by atoms with Crippen LogP contribution in [0.2, 0.25) is 0 Å². The molecule has 0 bridgehead atoms. The van der Waals surface area contributed by atoms with Gasteiger partial charge in [0.2, 0.25) is 0 Å². The molecule has 0 radical (unpaired) electrons. The van der Waals surface area contributed by atoms with Gasteiger partial charge in [0.1, 0.15) is 0 Å². The fourth-order valence-corrected chi connectivity index (χ4v) is 2.18. The molecule has 18 heavy (non-hydrogen) atoms. The monoisotopic (exact) mass is 240 g/mol. The molecule has 1 aromatic rings. The minimum Gasteiger partial charge on any atom is -0.449 e. The normalized spacial score (nSPS) is 23.4. The molecule has 5 nitrogen and oxygen atoms in total. The largest absolute Gasteiger partial charge is 0.449 e. The second-order valence-electron chi connectivity index (χ2n) is 4.18. The number of nitro groups is 1. The van der Waals surface area contributed by atoms with Gasteiger partial charge in [0.15, 0.2) is 17.6 Å². The molecule has 1 unspecified atom stereocenters. The number of hydrogen-bond acceptors (Lipinski definition) is 4. The standard InChI is InChI=1S/C13H8N2O3/c14-8-13(15(16)17)7-2-1-5-10(13)9-4-3-6-11-12(9)18-11/h1-6H,7H2. The summed E-state index contributed by atoms with van der Waals surface area (Å²) in [5.74, 6) is 1.36. The number of nitrogens with zero attached hydrogens (tertiary/aromatic N) is 2. The third kappa shape index (κ3) is 1.26. The fraction of sp³-hybridized carbons (Fsp3) is 0.154. The van der Waals surface area contributed by atoms with Crippen molar-refractivity contribution in [2.45, 2.75) is 12.0 Å². The highest BCUT2D eigenvalue weighted by Gasteiger charge is 2.49. The van der Waals surface area contributed by atoms with Crippen LogP contribution in [0.1, 0.15) is 12.0 Å². The van der Waals surface area contributed by atoms with E-state index in [4.69, 9.17) is 4.74 Å². The van der Waals surface area contributed by atoms with Crippen LogP contribution in [0.5, 0.6) is 11.5 Å². The highest BCUT2D eigenvalue weighted by atomic mass is 16.6. The third-order valence-electron chi connectivity index (χ3n) is 3.19. The fourth-order valence-electron chi connectivity index (χ4n) is 2.18. The minimum atomic E-state index is -1.71. The molecule has 0 spiro atoms. The van der Waals surface area contributed by atoms with E-state index >= 15 is 0 Å². The second kappa shape index (κ2) is 3.44. The van der Waals surface area contributed by atoms with Crippen LogP contribution in [-0.2, 0) is 0 Å². The lowest BCUT2D eigenvalue weighted by Crippen LogP contribution is -2.38. The first kappa shape index (κ1) is 10.5. The van der Waals surface area contributed by atoms with Crippen molar-refractivity contribution < 1.29 is 9.66 Å². The summed E-state index contributed by atoms with van der Waals surface area (Å²) >= 11 is 0. The van der Waals surface area contributed by atoms with Gasteiger partial charge in [0.25, 0.3) is 0 Å². The highest BCUT2D eigenvalue weighted by molar-refractivity contribution is 5.84. The van der Waals surface area contributed by atoms with Gasteiger partial charge in [0.05, 0.1) is 12.0 Å². The van der Waals surface area contributed by atoms with Gasteiger partial charge in [-0.25, -0.2) is 0 Å². The van der Waals surface area contributed by atoms with Crippen LogP contribution in [0.3, 0.4) is 0 Å². The van der Waals surface area contributed by atoms with Crippen LogP contribution in [-0.4, -0.2) is 10.5 Å². The van der Waals surface area contributed by atoms with Crippen molar-refractivity contribution in [3.05, 3.63) is 52.1 Å². The SMILES string of the molecule is N#CC1([N+](=O)[O-])CC=CC=C1c1cccc2c1O2. The summed E-state index contributed by atoms with van der Waals surface area (Å²) in [7, 11) is 0. The van der Waals surface area contributed by atoms with Gasteiger partial charge in [-0.05, 0) is 6.07 Å². The molecule has 88 valence electrons. The van der Waals surface area contributed by atoms with Crippen LogP contribution in [0, 0.1) is 21.4 Å². The van der Waals surface area contributed by atoms with Gasteiger partial charge in [-0.1, -0.05) is 30.4 Å². The first-order chi connectivity index (χ1) is 8.69. The summed E-state index contributed by atoms with van der Waals surface area (Å²) in [5, 5.41) is 20.5. The van der Waals surface area contributed by atoms with Crippen LogP contribution in [0.25, 0.3) is 5.57 Å². The summed E-state index contributed by atoms with van der Waals surface area (Å²) in [5.41, 5.74) is -0.683. The van der Waals surface area contributed by atoms with Gasteiger partial charge in [-0.3, -0.25) is 10.1 Å². The van der Waals surface area contributed by atoms with Gasteiger partial charge in [0, 0.05) is 10.5 Å². The van der Waals surface area contributed by atoms with Gasteiger partial charge < -0.3 is 4.74 Å². The third-order valence-corrected chi connectivity index (χ3v) is 3.19. The van der Waals surface area contributed by atoms with E-state index in [1.165, 1.54) is 0 Å². The molecule has 0 N–H and O–H groups in total. The number of fused-ring (bicyclic) bond motifs is 1. The van der Waals surface area contributed by atoms with Crippen molar-refractivity contribution >= 4 is 5.57 Å².